The van der Waals surface area contributed by atoms with Crippen molar-refractivity contribution in [3.8, 4) is 0 Å². The molecule has 0 radical (unpaired) electrons. The molecule has 0 atom stereocenters. The molecule has 1 heterocycles. The number of ether oxygens (including phenoxy) is 1. The number of hydrogen-bond acceptors (Lipinski definition) is 5. The second kappa shape index (κ2) is 4.53. The van der Waals surface area contributed by atoms with Crippen LogP contribution in [0.4, 0.5) is 0 Å². The number of thioether (sulfide) groups is 1. The first-order valence-corrected chi connectivity index (χ1v) is 6.14. The number of aromatic nitrogens is 1. The molecule has 2 rings (SSSR count). The molecule has 1 N–H and O–H groups in total. The van der Waals surface area contributed by atoms with Crippen molar-refractivity contribution in [2.24, 2.45) is 0 Å². The van der Waals surface area contributed by atoms with Crippen LogP contribution in [0.15, 0.2) is 32.3 Å². The molecule has 0 aliphatic carbocycles. The number of aromatic amines is 1. The molecule has 0 saturated heterocycles. The molecule has 1 aromatic heterocycles. The molecule has 0 aliphatic heterocycles. The van der Waals surface area contributed by atoms with E-state index in [9.17, 15) is 9.59 Å². The Labute approximate surface area is 108 Å². The molecular weight excluding hydrogens is 254 g/mol. The van der Waals surface area contributed by atoms with Crippen LogP contribution in [-0.2, 0) is 9.53 Å². The zero-order valence-corrected chi connectivity index (χ0v) is 11.1. The summed E-state index contributed by atoms with van der Waals surface area (Å²) in [4.78, 5) is 26.1. The van der Waals surface area contributed by atoms with E-state index in [0.717, 1.165) is 4.90 Å². The van der Waals surface area contributed by atoms with Crippen molar-refractivity contribution in [2.45, 2.75) is 23.5 Å². The Morgan fingerprint density at radius 1 is 1.44 bits per heavy atom. The van der Waals surface area contributed by atoms with E-state index in [4.69, 9.17) is 9.15 Å². The van der Waals surface area contributed by atoms with E-state index in [1.165, 1.54) is 18.9 Å². The summed E-state index contributed by atoms with van der Waals surface area (Å²) < 4.78 is 8.96. The predicted molar refractivity (Wildman–Crippen MR) is 68.8 cm³/mol. The third-order valence-corrected chi connectivity index (χ3v) is 3.61. The standard InChI is InChI=1S/C12H13NO4S/c1-12(2,10(14)16-3)18-7-4-5-9-8(6-7)13-11(15)17-9/h4-6H,1-3H3,(H,13,15). The second-order valence-corrected chi connectivity index (χ2v) is 5.97. The normalized spacial score (nSPS) is 11.7. The monoisotopic (exact) mass is 267 g/mol. The van der Waals surface area contributed by atoms with Crippen molar-refractivity contribution in [1.82, 2.24) is 4.98 Å². The number of carbonyl (C=O) groups is 1. The third kappa shape index (κ3) is 2.43. The Morgan fingerprint density at radius 2 is 2.17 bits per heavy atom. The molecule has 5 nitrogen and oxygen atoms in total. The van der Waals surface area contributed by atoms with E-state index in [1.54, 1.807) is 32.0 Å². The number of hydrogen-bond donors (Lipinski definition) is 1. The molecule has 0 unspecified atom stereocenters. The quantitative estimate of drug-likeness (QED) is 0.681. The highest BCUT2D eigenvalue weighted by atomic mass is 32.2. The van der Waals surface area contributed by atoms with E-state index in [1.807, 2.05) is 0 Å². The largest absolute Gasteiger partial charge is 0.468 e. The summed E-state index contributed by atoms with van der Waals surface area (Å²) in [6.07, 6.45) is 0. The second-order valence-electron chi connectivity index (χ2n) is 4.28. The maximum atomic E-state index is 11.6. The molecule has 0 amide bonds. The highest BCUT2D eigenvalue weighted by Gasteiger charge is 2.30. The summed E-state index contributed by atoms with van der Waals surface area (Å²) in [7, 11) is 1.36. The average Bonchev–Trinajstić information content (AvgIpc) is 2.66. The zero-order valence-electron chi connectivity index (χ0n) is 10.3. The van der Waals surface area contributed by atoms with Crippen LogP contribution < -0.4 is 5.76 Å². The Morgan fingerprint density at radius 3 is 2.83 bits per heavy atom. The van der Waals surface area contributed by atoms with Gasteiger partial charge in [0.2, 0.25) is 0 Å². The lowest BCUT2D eigenvalue weighted by Crippen LogP contribution is -2.28. The molecule has 0 aliphatic rings. The SMILES string of the molecule is COC(=O)C(C)(C)Sc1ccc2oc(=O)[nH]c2c1. The van der Waals surface area contributed by atoms with Gasteiger partial charge >= 0.3 is 11.7 Å². The van der Waals surface area contributed by atoms with Gasteiger partial charge in [0.25, 0.3) is 0 Å². The summed E-state index contributed by atoms with van der Waals surface area (Å²) >= 11 is 1.36. The van der Waals surface area contributed by atoms with Crippen LogP contribution in [0, 0.1) is 0 Å². The number of H-pyrrole nitrogens is 1. The highest BCUT2D eigenvalue weighted by Crippen LogP contribution is 2.34. The van der Waals surface area contributed by atoms with E-state index in [0.29, 0.717) is 11.1 Å². The number of esters is 1. The fourth-order valence-electron chi connectivity index (χ4n) is 1.58. The highest BCUT2D eigenvalue weighted by molar-refractivity contribution is 8.01. The predicted octanol–water partition coefficient (Wildman–Crippen LogP) is 2.16. The number of nitrogens with one attached hydrogen (secondary N) is 1. The van der Waals surface area contributed by atoms with Crippen LogP contribution in [0.1, 0.15) is 13.8 Å². The van der Waals surface area contributed by atoms with Gasteiger partial charge in [-0.15, -0.1) is 11.8 Å². The zero-order chi connectivity index (χ0) is 13.3. The number of fused-ring (bicyclic) bond motifs is 1. The van der Waals surface area contributed by atoms with Gasteiger partial charge in [-0.25, -0.2) is 4.79 Å². The fourth-order valence-corrected chi connectivity index (χ4v) is 2.65. The van der Waals surface area contributed by atoms with Gasteiger partial charge in [0, 0.05) is 4.90 Å². The summed E-state index contributed by atoms with van der Waals surface area (Å²) in [6, 6.07) is 5.27. The molecule has 2 aromatic rings. The summed E-state index contributed by atoms with van der Waals surface area (Å²) in [5.41, 5.74) is 1.12. The minimum Gasteiger partial charge on any atom is -0.468 e. The molecular formula is C12H13NO4S. The van der Waals surface area contributed by atoms with Gasteiger partial charge in [0.15, 0.2) is 5.58 Å². The van der Waals surface area contributed by atoms with Crippen LogP contribution >= 0.6 is 11.8 Å². The Bertz CT molecular complexity index is 641. The van der Waals surface area contributed by atoms with E-state index < -0.39 is 10.5 Å². The van der Waals surface area contributed by atoms with Gasteiger partial charge in [0.05, 0.1) is 12.6 Å². The molecule has 96 valence electrons. The van der Waals surface area contributed by atoms with Crippen molar-refractivity contribution in [2.75, 3.05) is 7.11 Å². The molecule has 18 heavy (non-hydrogen) atoms. The van der Waals surface area contributed by atoms with Gasteiger partial charge in [-0.3, -0.25) is 9.78 Å². The maximum Gasteiger partial charge on any atom is 0.417 e. The minimum absolute atomic E-state index is 0.298. The number of rotatable bonds is 3. The number of carbonyl (C=O) groups excluding carboxylic acids is 1. The number of oxazole rings is 1. The van der Waals surface area contributed by atoms with Crippen LogP contribution in [0.25, 0.3) is 11.1 Å². The van der Waals surface area contributed by atoms with Crippen LogP contribution in [-0.4, -0.2) is 22.8 Å². The lowest BCUT2D eigenvalue weighted by atomic mass is 10.2. The van der Waals surface area contributed by atoms with Gasteiger partial charge in [-0.1, -0.05) is 0 Å². The van der Waals surface area contributed by atoms with Crippen LogP contribution in [0.3, 0.4) is 0 Å². The lowest BCUT2D eigenvalue weighted by molar-refractivity contribution is -0.142. The molecule has 0 saturated carbocycles. The van der Waals surface area contributed by atoms with Gasteiger partial charge in [-0.05, 0) is 32.0 Å². The average molecular weight is 267 g/mol. The van der Waals surface area contributed by atoms with E-state index in [-0.39, 0.29) is 5.97 Å². The van der Waals surface area contributed by atoms with Crippen LogP contribution in [0.2, 0.25) is 0 Å². The van der Waals surface area contributed by atoms with Crippen LogP contribution in [0.5, 0.6) is 0 Å². The molecule has 1 aromatic carbocycles. The van der Waals surface area contributed by atoms with Crippen molar-refractivity contribution < 1.29 is 13.9 Å². The van der Waals surface area contributed by atoms with Crippen molar-refractivity contribution in [3.05, 3.63) is 28.7 Å². The topological polar surface area (TPSA) is 72.3 Å². The maximum absolute atomic E-state index is 11.6. The lowest BCUT2D eigenvalue weighted by Gasteiger charge is -2.20. The van der Waals surface area contributed by atoms with E-state index in [2.05, 4.69) is 4.98 Å². The summed E-state index contributed by atoms with van der Waals surface area (Å²) in [5.74, 6) is -0.785. The smallest absolute Gasteiger partial charge is 0.417 e. The molecule has 6 heteroatoms. The Hall–Kier alpha value is -1.69. The molecule has 0 bridgehead atoms. The molecule has 0 fully saturated rings. The first kappa shape index (κ1) is 12.8. The summed E-state index contributed by atoms with van der Waals surface area (Å²) in [6.45, 7) is 3.57. The van der Waals surface area contributed by atoms with Gasteiger partial charge in [-0.2, -0.15) is 0 Å². The van der Waals surface area contributed by atoms with Crippen molar-refractivity contribution >= 4 is 28.8 Å². The number of benzene rings is 1. The summed E-state index contributed by atoms with van der Waals surface area (Å²) in [5, 5.41) is 0. The first-order valence-electron chi connectivity index (χ1n) is 5.33. The van der Waals surface area contributed by atoms with Crippen molar-refractivity contribution in [3.63, 3.8) is 0 Å². The Kier molecular flexibility index (Phi) is 3.21. The van der Waals surface area contributed by atoms with Gasteiger partial charge in [0.1, 0.15) is 4.75 Å². The minimum atomic E-state index is -0.688. The van der Waals surface area contributed by atoms with Gasteiger partial charge < -0.3 is 9.15 Å². The third-order valence-electron chi connectivity index (χ3n) is 2.44. The van der Waals surface area contributed by atoms with Crippen molar-refractivity contribution in [1.29, 1.82) is 0 Å². The fraction of sp³-hybridized carbons (Fsp3) is 0.333. The Balaban J connectivity index is 2.32. The molecule has 0 spiro atoms. The van der Waals surface area contributed by atoms with E-state index >= 15 is 0 Å². The first-order chi connectivity index (χ1) is 8.42. The number of methoxy groups -OCH3 is 1.